The van der Waals surface area contributed by atoms with Gasteiger partial charge in [-0.3, -0.25) is 20.2 Å². The van der Waals surface area contributed by atoms with Crippen LogP contribution in [0.3, 0.4) is 0 Å². The molecule has 0 bridgehead atoms. The van der Waals surface area contributed by atoms with Crippen molar-refractivity contribution < 1.29 is 19.1 Å². The first-order valence-electron chi connectivity index (χ1n) is 7.33. The molecular formula is C16H17BrN2O4S. The average molecular weight is 413 g/mol. The molecule has 0 aromatic heterocycles. The van der Waals surface area contributed by atoms with Crippen molar-refractivity contribution in [2.24, 2.45) is 0 Å². The molecule has 2 amide bonds. The van der Waals surface area contributed by atoms with Crippen LogP contribution in [-0.2, 0) is 9.59 Å². The largest absolute Gasteiger partial charge is 0.490 e. The predicted octanol–water partition coefficient (Wildman–Crippen LogP) is 2.55. The minimum Gasteiger partial charge on any atom is -0.490 e. The Kier molecular flexibility index (Phi) is 5.95. The van der Waals surface area contributed by atoms with Gasteiger partial charge in [-0.2, -0.15) is 0 Å². The fourth-order valence-corrected chi connectivity index (χ4v) is 2.80. The molecule has 24 heavy (non-hydrogen) atoms. The Morgan fingerprint density at radius 3 is 2.42 bits per heavy atom. The van der Waals surface area contributed by atoms with E-state index < -0.39 is 11.8 Å². The molecular weight excluding hydrogens is 396 g/mol. The first-order valence-corrected chi connectivity index (χ1v) is 8.53. The lowest BCUT2D eigenvalue weighted by molar-refractivity contribution is -0.123. The summed E-state index contributed by atoms with van der Waals surface area (Å²) in [6, 6.07) is 3.47. The van der Waals surface area contributed by atoms with Crippen LogP contribution in [0.1, 0.15) is 26.3 Å². The fourth-order valence-electron chi connectivity index (χ4n) is 2.06. The van der Waals surface area contributed by atoms with Crippen molar-refractivity contribution in [1.82, 2.24) is 10.6 Å². The molecule has 1 aliphatic rings. The third kappa shape index (κ3) is 4.33. The summed E-state index contributed by atoms with van der Waals surface area (Å²) in [6.45, 7) is 6.15. The van der Waals surface area contributed by atoms with Gasteiger partial charge in [-0.15, -0.1) is 0 Å². The molecule has 1 saturated heterocycles. The highest BCUT2D eigenvalue weighted by atomic mass is 79.9. The highest BCUT2D eigenvalue weighted by Gasteiger charge is 2.26. The molecule has 2 rings (SSSR count). The number of benzene rings is 1. The standard InChI is InChI=1S/C16H17BrN2O4S/c1-4-22-12-7-9(6-11(17)13(12)23-8(2)3)5-10-14(20)18-16(24)19-15(10)21/h5-8H,4H2,1-3H3,(H2,18,19,20,21,24). The van der Waals surface area contributed by atoms with E-state index in [2.05, 4.69) is 26.6 Å². The highest BCUT2D eigenvalue weighted by Crippen LogP contribution is 2.38. The van der Waals surface area contributed by atoms with Crippen molar-refractivity contribution in [2.45, 2.75) is 26.9 Å². The maximum atomic E-state index is 11.9. The number of carbonyl (C=O) groups excluding carboxylic acids is 2. The number of thiocarbonyl (C=S) groups is 1. The molecule has 0 atom stereocenters. The molecule has 2 N–H and O–H groups in total. The van der Waals surface area contributed by atoms with Crippen LogP contribution in [-0.4, -0.2) is 29.6 Å². The second-order valence-corrected chi connectivity index (χ2v) is 6.49. The van der Waals surface area contributed by atoms with Crippen molar-refractivity contribution in [3.05, 3.63) is 27.7 Å². The van der Waals surface area contributed by atoms with Crippen LogP contribution in [0.25, 0.3) is 6.08 Å². The summed E-state index contributed by atoms with van der Waals surface area (Å²) in [5.74, 6) is 0.0213. The van der Waals surface area contributed by atoms with Gasteiger partial charge in [0, 0.05) is 0 Å². The van der Waals surface area contributed by atoms with Gasteiger partial charge in [0.25, 0.3) is 11.8 Å². The van der Waals surface area contributed by atoms with Crippen LogP contribution in [0, 0.1) is 0 Å². The number of hydrogen-bond acceptors (Lipinski definition) is 5. The Morgan fingerprint density at radius 1 is 1.25 bits per heavy atom. The van der Waals surface area contributed by atoms with Crippen LogP contribution in [0.5, 0.6) is 11.5 Å². The number of carbonyl (C=O) groups is 2. The minimum atomic E-state index is -0.541. The lowest BCUT2D eigenvalue weighted by Crippen LogP contribution is -2.51. The van der Waals surface area contributed by atoms with E-state index in [1.165, 1.54) is 6.08 Å². The topological polar surface area (TPSA) is 76.7 Å². The molecule has 1 heterocycles. The monoisotopic (exact) mass is 412 g/mol. The molecule has 1 aromatic carbocycles. The number of halogens is 1. The molecule has 0 unspecified atom stereocenters. The quantitative estimate of drug-likeness (QED) is 0.441. The SMILES string of the molecule is CCOc1cc(C=C2C(=O)NC(=S)NC2=O)cc(Br)c1OC(C)C. The van der Waals surface area contributed by atoms with Crippen molar-refractivity contribution in [3.8, 4) is 11.5 Å². The van der Waals surface area contributed by atoms with E-state index in [1.807, 2.05) is 20.8 Å². The van der Waals surface area contributed by atoms with Crippen molar-refractivity contribution in [1.29, 1.82) is 0 Å². The molecule has 128 valence electrons. The number of amides is 2. The third-order valence-electron chi connectivity index (χ3n) is 2.94. The van der Waals surface area contributed by atoms with Crippen LogP contribution in [0.4, 0.5) is 0 Å². The van der Waals surface area contributed by atoms with Gasteiger partial charge in [0.15, 0.2) is 16.6 Å². The molecule has 6 nitrogen and oxygen atoms in total. The maximum absolute atomic E-state index is 11.9. The molecule has 1 aliphatic heterocycles. The van der Waals surface area contributed by atoms with Gasteiger partial charge in [-0.25, -0.2) is 0 Å². The summed E-state index contributed by atoms with van der Waals surface area (Å²) in [4.78, 5) is 23.9. The minimum absolute atomic E-state index is 0.000910. The van der Waals surface area contributed by atoms with E-state index in [0.717, 1.165) is 0 Å². The van der Waals surface area contributed by atoms with Crippen molar-refractivity contribution >= 4 is 51.2 Å². The molecule has 1 aromatic rings. The first-order chi connectivity index (χ1) is 11.3. The maximum Gasteiger partial charge on any atom is 0.263 e. The Hall–Kier alpha value is -1.93. The van der Waals surface area contributed by atoms with Gasteiger partial charge >= 0.3 is 0 Å². The van der Waals surface area contributed by atoms with Gasteiger partial charge in [-0.1, -0.05) is 0 Å². The molecule has 0 saturated carbocycles. The summed E-state index contributed by atoms with van der Waals surface area (Å²) >= 11 is 8.22. The zero-order valence-corrected chi connectivity index (χ0v) is 15.8. The number of rotatable bonds is 5. The number of ether oxygens (including phenoxy) is 2. The second-order valence-electron chi connectivity index (χ2n) is 5.22. The van der Waals surface area contributed by atoms with Gasteiger partial charge < -0.3 is 9.47 Å². The Morgan fingerprint density at radius 2 is 1.88 bits per heavy atom. The van der Waals surface area contributed by atoms with E-state index in [4.69, 9.17) is 21.7 Å². The lowest BCUT2D eigenvalue weighted by Gasteiger charge is -2.18. The average Bonchev–Trinajstić information content (AvgIpc) is 2.46. The highest BCUT2D eigenvalue weighted by molar-refractivity contribution is 9.10. The first kappa shape index (κ1) is 18.4. The fraction of sp³-hybridized carbons (Fsp3) is 0.312. The van der Waals surface area contributed by atoms with E-state index in [1.54, 1.807) is 12.1 Å². The van der Waals surface area contributed by atoms with E-state index in [0.29, 0.717) is 28.1 Å². The van der Waals surface area contributed by atoms with E-state index in [-0.39, 0.29) is 16.8 Å². The van der Waals surface area contributed by atoms with Crippen LogP contribution in [0.2, 0.25) is 0 Å². The Balaban J connectivity index is 2.44. The molecule has 0 radical (unpaired) electrons. The molecule has 0 aliphatic carbocycles. The van der Waals surface area contributed by atoms with E-state index in [9.17, 15) is 9.59 Å². The summed E-state index contributed by atoms with van der Waals surface area (Å²) in [6.07, 6.45) is 1.44. The molecule has 0 spiro atoms. The van der Waals surface area contributed by atoms with Gasteiger partial charge in [0.1, 0.15) is 5.57 Å². The van der Waals surface area contributed by atoms with Gasteiger partial charge in [-0.05, 0) is 72.7 Å². The Labute approximate surface area is 153 Å². The van der Waals surface area contributed by atoms with Crippen molar-refractivity contribution in [3.63, 3.8) is 0 Å². The molecule has 8 heteroatoms. The van der Waals surface area contributed by atoms with Gasteiger partial charge in [0.2, 0.25) is 0 Å². The summed E-state index contributed by atoms with van der Waals surface area (Å²) in [7, 11) is 0. The summed E-state index contributed by atoms with van der Waals surface area (Å²) in [5.41, 5.74) is 0.588. The van der Waals surface area contributed by atoms with E-state index >= 15 is 0 Å². The van der Waals surface area contributed by atoms with Crippen LogP contribution >= 0.6 is 28.1 Å². The smallest absolute Gasteiger partial charge is 0.263 e. The second kappa shape index (κ2) is 7.76. The number of hydrogen-bond donors (Lipinski definition) is 2. The van der Waals surface area contributed by atoms with Gasteiger partial charge in [0.05, 0.1) is 17.2 Å². The van der Waals surface area contributed by atoms with Crippen LogP contribution in [0.15, 0.2) is 22.2 Å². The van der Waals surface area contributed by atoms with Crippen molar-refractivity contribution in [2.75, 3.05) is 6.61 Å². The summed E-state index contributed by atoms with van der Waals surface area (Å²) in [5, 5.41) is 4.79. The third-order valence-corrected chi connectivity index (χ3v) is 3.73. The summed E-state index contributed by atoms with van der Waals surface area (Å²) < 4.78 is 12.0. The lowest BCUT2D eigenvalue weighted by atomic mass is 10.1. The molecule has 1 fully saturated rings. The normalized spacial score (nSPS) is 14.4. The zero-order chi connectivity index (χ0) is 17.9. The predicted molar refractivity (Wildman–Crippen MR) is 97.9 cm³/mol. The zero-order valence-electron chi connectivity index (χ0n) is 13.4. The van der Waals surface area contributed by atoms with Crippen LogP contribution < -0.4 is 20.1 Å². The Bertz CT molecular complexity index is 709. The number of nitrogens with one attached hydrogen (secondary N) is 2.